The summed E-state index contributed by atoms with van der Waals surface area (Å²) >= 11 is 0. The van der Waals surface area contributed by atoms with Crippen molar-refractivity contribution in [3.05, 3.63) is 40.7 Å². The number of amides is 1. The monoisotopic (exact) mass is 341 g/mol. The number of rotatable bonds is 4. The Hall–Kier alpha value is -2.61. The van der Waals surface area contributed by atoms with Crippen LogP contribution in [0.3, 0.4) is 0 Å². The molecule has 25 heavy (non-hydrogen) atoms. The zero-order valence-corrected chi connectivity index (χ0v) is 15.4. The molecule has 0 atom stereocenters. The fourth-order valence-electron chi connectivity index (χ4n) is 3.30. The molecule has 0 saturated carbocycles. The molecule has 4 nitrogen and oxygen atoms in total. The van der Waals surface area contributed by atoms with Gasteiger partial charge in [0, 0.05) is 30.4 Å². The number of halogens is 1. The summed E-state index contributed by atoms with van der Waals surface area (Å²) in [6.45, 7) is 9.14. The van der Waals surface area contributed by atoms with E-state index in [0.29, 0.717) is 0 Å². The van der Waals surface area contributed by atoms with E-state index in [2.05, 4.69) is 37.1 Å². The molecule has 1 heterocycles. The van der Waals surface area contributed by atoms with Gasteiger partial charge < -0.3 is 10.2 Å². The molecule has 2 rings (SSSR count). The predicted octanol–water partition coefficient (Wildman–Crippen LogP) is 3.89. The van der Waals surface area contributed by atoms with E-state index < -0.39 is 11.7 Å². The lowest BCUT2D eigenvalue weighted by atomic mass is 9.87. The first-order valence-electron chi connectivity index (χ1n) is 8.40. The normalized spacial score (nSPS) is 16.0. The van der Waals surface area contributed by atoms with Crippen molar-refractivity contribution in [3.63, 3.8) is 0 Å². The van der Waals surface area contributed by atoms with Gasteiger partial charge in [-0.2, -0.15) is 5.26 Å². The average Bonchev–Trinajstić information content (AvgIpc) is 2.56. The van der Waals surface area contributed by atoms with E-state index in [1.54, 1.807) is 6.07 Å². The molecule has 0 spiro atoms. The third kappa shape index (κ3) is 3.58. The molecule has 0 fully saturated rings. The molecule has 132 valence electrons. The standard InChI is InChI=1S/C20H24FN3O/c1-6-7-24-18-10-17(21)14(8-15(12-22)19(25)23-5)9-16(18)13(2)11-20(24,3)4/h8-11H,6-7H2,1-5H3,(H,23,25)/b15-8+. The third-order valence-corrected chi connectivity index (χ3v) is 4.44. The highest BCUT2D eigenvalue weighted by atomic mass is 19.1. The fourth-order valence-corrected chi connectivity index (χ4v) is 3.30. The van der Waals surface area contributed by atoms with Gasteiger partial charge in [-0.1, -0.05) is 13.0 Å². The predicted molar refractivity (Wildman–Crippen MR) is 99.4 cm³/mol. The maximum Gasteiger partial charge on any atom is 0.261 e. The largest absolute Gasteiger partial charge is 0.362 e. The first kappa shape index (κ1) is 18.7. The van der Waals surface area contributed by atoms with Crippen LogP contribution in [0, 0.1) is 17.1 Å². The van der Waals surface area contributed by atoms with Gasteiger partial charge >= 0.3 is 0 Å². The maximum atomic E-state index is 14.7. The van der Waals surface area contributed by atoms with Crippen molar-refractivity contribution < 1.29 is 9.18 Å². The van der Waals surface area contributed by atoms with Crippen molar-refractivity contribution >= 4 is 23.2 Å². The summed E-state index contributed by atoms with van der Waals surface area (Å²) < 4.78 is 14.7. The lowest BCUT2D eigenvalue weighted by Crippen LogP contribution is -2.45. The Labute approximate surface area is 148 Å². The SMILES string of the molecule is CCCN1c2cc(F)c(/C=C(\C#N)C(=O)NC)cc2C(C)=CC1(C)C. The number of hydrogen-bond donors (Lipinski definition) is 1. The molecule has 1 aliphatic rings. The third-order valence-electron chi connectivity index (χ3n) is 4.44. The van der Waals surface area contributed by atoms with Crippen LogP contribution in [0.1, 0.15) is 45.2 Å². The summed E-state index contributed by atoms with van der Waals surface area (Å²) in [5, 5.41) is 11.5. The van der Waals surface area contributed by atoms with Crippen molar-refractivity contribution in [2.45, 2.75) is 39.7 Å². The number of nitrogens with one attached hydrogen (secondary N) is 1. The van der Waals surface area contributed by atoms with Gasteiger partial charge in [-0.05, 0) is 51.0 Å². The number of nitrogens with zero attached hydrogens (tertiary/aromatic N) is 2. The van der Waals surface area contributed by atoms with Crippen LogP contribution in [0.2, 0.25) is 0 Å². The van der Waals surface area contributed by atoms with E-state index in [4.69, 9.17) is 5.26 Å². The molecule has 1 aliphatic heterocycles. The van der Waals surface area contributed by atoms with E-state index in [9.17, 15) is 9.18 Å². The number of fused-ring (bicyclic) bond motifs is 1. The zero-order valence-electron chi connectivity index (χ0n) is 15.4. The highest BCUT2D eigenvalue weighted by molar-refractivity contribution is 6.01. The molecule has 0 bridgehead atoms. The lowest BCUT2D eigenvalue weighted by Gasteiger charge is -2.43. The van der Waals surface area contributed by atoms with Crippen LogP contribution in [0.4, 0.5) is 10.1 Å². The Morgan fingerprint density at radius 2 is 2.12 bits per heavy atom. The van der Waals surface area contributed by atoms with Gasteiger partial charge in [0.1, 0.15) is 17.5 Å². The minimum absolute atomic E-state index is 0.121. The average molecular weight is 341 g/mol. The highest BCUT2D eigenvalue weighted by Gasteiger charge is 2.31. The van der Waals surface area contributed by atoms with E-state index >= 15 is 0 Å². The van der Waals surface area contributed by atoms with Crippen molar-refractivity contribution in [1.29, 1.82) is 5.26 Å². The van der Waals surface area contributed by atoms with Gasteiger partial charge in [0.05, 0.1) is 5.54 Å². The van der Waals surface area contributed by atoms with Crippen molar-refractivity contribution in [3.8, 4) is 6.07 Å². The number of nitriles is 1. The fraction of sp³-hybridized carbons (Fsp3) is 0.400. The van der Waals surface area contributed by atoms with E-state index in [0.717, 1.165) is 29.8 Å². The number of likely N-dealkylation sites (N-methyl/N-ethyl adjacent to an activating group) is 1. The van der Waals surface area contributed by atoms with Crippen molar-refractivity contribution in [2.24, 2.45) is 0 Å². The molecule has 0 unspecified atom stereocenters. The number of carbonyl (C=O) groups is 1. The smallest absolute Gasteiger partial charge is 0.261 e. The summed E-state index contributed by atoms with van der Waals surface area (Å²) in [7, 11) is 1.44. The van der Waals surface area contributed by atoms with Crippen LogP contribution in [-0.2, 0) is 4.79 Å². The minimum atomic E-state index is -0.527. The lowest BCUT2D eigenvalue weighted by molar-refractivity contribution is -0.116. The second kappa shape index (κ2) is 7.10. The Bertz CT molecular complexity index is 800. The zero-order chi connectivity index (χ0) is 18.8. The Kier molecular flexibility index (Phi) is 5.32. The van der Waals surface area contributed by atoms with E-state index in [1.165, 1.54) is 19.2 Å². The van der Waals surface area contributed by atoms with Crippen LogP contribution >= 0.6 is 0 Å². The van der Waals surface area contributed by atoms with E-state index in [1.807, 2.05) is 13.0 Å². The number of allylic oxidation sites excluding steroid dienone is 1. The second-order valence-electron chi connectivity index (χ2n) is 6.77. The Morgan fingerprint density at radius 1 is 1.44 bits per heavy atom. The summed E-state index contributed by atoms with van der Waals surface area (Å²) in [6, 6.07) is 5.04. The molecule has 0 aromatic heterocycles. The molecular weight excluding hydrogens is 317 g/mol. The van der Waals surface area contributed by atoms with Gasteiger partial charge in [0.15, 0.2) is 0 Å². The molecule has 1 amide bonds. The summed E-state index contributed by atoms with van der Waals surface area (Å²) in [4.78, 5) is 13.9. The molecule has 0 radical (unpaired) electrons. The quantitative estimate of drug-likeness (QED) is 0.668. The summed E-state index contributed by atoms with van der Waals surface area (Å²) in [5.41, 5.74) is 2.75. The van der Waals surface area contributed by atoms with E-state index in [-0.39, 0.29) is 16.7 Å². The molecule has 5 heteroatoms. The van der Waals surface area contributed by atoms with Gasteiger partial charge in [0.2, 0.25) is 0 Å². The van der Waals surface area contributed by atoms with Crippen LogP contribution in [0.15, 0.2) is 23.8 Å². The number of benzene rings is 1. The van der Waals surface area contributed by atoms with Crippen LogP contribution < -0.4 is 10.2 Å². The second-order valence-corrected chi connectivity index (χ2v) is 6.77. The summed E-state index contributed by atoms with van der Waals surface area (Å²) in [5.74, 6) is -0.970. The van der Waals surface area contributed by atoms with Gasteiger partial charge in [-0.25, -0.2) is 4.39 Å². The van der Waals surface area contributed by atoms with Crippen LogP contribution in [-0.4, -0.2) is 25.0 Å². The van der Waals surface area contributed by atoms with Crippen molar-refractivity contribution in [2.75, 3.05) is 18.5 Å². The molecule has 1 aromatic rings. The first-order chi connectivity index (χ1) is 11.7. The molecule has 1 aromatic carbocycles. The maximum absolute atomic E-state index is 14.7. The van der Waals surface area contributed by atoms with Gasteiger partial charge in [-0.3, -0.25) is 4.79 Å². The highest BCUT2D eigenvalue weighted by Crippen LogP contribution is 2.40. The van der Waals surface area contributed by atoms with Crippen molar-refractivity contribution in [1.82, 2.24) is 5.32 Å². The molecule has 1 N–H and O–H groups in total. The topological polar surface area (TPSA) is 56.1 Å². The molecular formula is C20H24FN3O. The molecule has 0 aliphatic carbocycles. The van der Waals surface area contributed by atoms with Crippen LogP contribution in [0.25, 0.3) is 11.6 Å². The minimum Gasteiger partial charge on any atom is -0.362 e. The van der Waals surface area contributed by atoms with Crippen LogP contribution in [0.5, 0.6) is 0 Å². The molecule has 0 saturated heterocycles. The number of carbonyl (C=O) groups excluding carboxylic acids is 1. The Morgan fingerprint density at radius 3 is 2.68 bits per heavy atom. The number of anilines is 1. The summed E-state index contributed by atoms with van der Waals surface area (Å²) in [6.07, 6.45) is 4.42. The van der Waals surface area contributed by atoms with Gasteiger partial charge in [-0.15, -0.1) is 0 Å². The van der Waals surface area contributed by atoms with Gasteiger partial charge in [0.25, 0.3) is 5.91 Å². The Balaban J connectivity index is 2.62. The first-order valence-corrected chi connectivity index (χ1v) is 8.40. The number of hydrogen-bond acceptors (Lipinski definition) is 3.